The van der Waals surface area contributed by atoms with Crippen LogP contribution in [-0.2, 0) is 0 Å². The molecule has 2 N–H and O–H groups in total. The van der Waals surface area contributed by atoms with Crippen molar-refractivity contribution in [3.05, 3.63) is 0 Å². The van der Waals surface area contributed by atoms with E-state index in [4.69, 9.17) is 0 Å². The van der Waals surface area contributed by atoms with E-state index in [1.807, 2.05) is 0 Å². The fourth-order valence-corrected chi connectivity index (χ4v) is 3.06. The predicted octanol–water partition coefficient (Wildman–Crippen LogP) is 2.32. The smallest absolute Gasteiger partial charge is 0.0613 e. The zero-order valence-corrected chi connectivity index (χ0v) is 10.1. The van der Waals surface area contributed by atoms with Crippen molar-refractivity contribution < 1.29 is 5.11 Å². The van der Waals surface area contributed by atoms with Crippen molar-refractivity contribution in [3.63, 3.8) is 0 Å². The second-order valence-electron chi connectivity index (χ2n) is 5.78. The summed E-state index contributed by atoms with van der Waals surface area (Å²) in [5.74, 6) is 1.65. The minimum absolute atomic E-state index is 0.00724. The molecule has 0 radical (unpaired) electrons. The van der Waals surface area contributed by atoms with Crippen molar-refractivity contribution in [2.75, 3.05) is 6.61 Å². The molecule has 0 spiro atoms. The standard InChI is InChI=1S/C13H25NO/c1-3-10-4-7-12(8-10)14-13(2,9-15)11-5-6-11/h10-12,14-15H,3-9H2,1-2H3. The molecule has 2 aliphatic carbocycles. The Hall–Kier alpha value is -0.0800. The van der Waals surface area contributed by atoms with Crippen LogP contribution in [0.1, 0.15) is 52.4 Å². The van der Waals surface area contributed by atoms with Crippen molar-refractivity contribution in [3.8, 4) is 0 Å². The van der Waals surface area contributed by atoms with E-state index in [-0.39, 0.29) is 5.54 Å². The monoisotopic (exact) mass is 211 g/mol. The molecule has 0 aromatic rings. The molecule has 2 fully saturated rings. The molecule has 88 valence electrons. The number of hydrogen-bond donors (Lipinski definition) is 2. The van der Waals surface area contributed by atoms with Crippen LogP contribution in [0, 0.1) is 11.8 Å². The summed E-state index contributed by atoms with van der Waals surface area (Å²) in [5.41, 5.74) is 0.00724. The van der Waals surface area contributed by atoms with Gasteiger partial charge in [0.15, 0.2) is 0 Å². The van der Waals surface area contributed by atoms with Gasteiger partial charge < -0.3 is 10.4 Å². The second kappa shape index (κ2) is 4.42. The Labute approximate surface area is 93.5 Å². The Bertz CT molecular complexity index is 215. The Morgan fingerprint density at radius 2 is 2.00 bits per heavy atom. The van der Waals surface area contributed by atoms with Crippen LogP contribution < -0.4 is 5.32 Å². The molecule has 0 saturated heterocycles. The predicted molar refractivity (Wildman–Crippen MR) is 62.8 cm³/mol. The molecule has 2 heteroatoms. The van der Waals surface area contributed by atoms with Crippen LogP contribution in [0.15, 0.2) is 0 Å². The summed E-state index contributed by atoms with van der Waals surface area (Å²) in [5, 5.41) is 13.2. The lowest BCUT2D eigenvalue weighted by Gasteiger charge is -2.32. The molecule has 0 heterocycles. The van der Waals surface area contributed by atoms with Gasteiger partial charge in [0, 0.05) is 11.6 Å². The number of nitrogens with one attached hydrogen (secondary N) is 1. The van der Waals surface area contributed by atoms with Crippen molar-refractivity contribution in [2.45, 2.75) is 64.0 Å². The molecule has 0 aromatic carbocycles. The average Bonchev–Trinajstić information content (AvgIpc) is 3.01. The third-order valence-electron chi connectivity index (χ3n) is 4.46. The van der Waals surface area contributed by atoms with Gasteiger partial charge in [0.1, 0.15) is 0 Å². The van der Waals surface area contributed by atoms with E-state index in [0.29, 0.717) is 12.6 Å². The molecular weight excluding hydrogens is 186 g/mol. The van der Waals surface area contributed by atoms with Crippen LogP contribution in [0.4, 0.5) is 0 Å². The normalized spacial score (nSPS) is 35.4. The van der Waals surface area contributed by atoms with Gasteiger partial charge in [-0.15, -0.1) is 0 Å². The fourth-order valence-electron chi connectivity index (χ4n) is 3.06. The summed E-state index contributed by atoms with van der Waals surface area (Å²) in [6, 6.07) is 0.660. The Kier molecular flexibility index (Phi) is 3.36. The summed E-state index contributed by atoms with van der Waals surface area (Å²) >= 11 is 0. The van der Waals surface area contributed by atoms with Gasteiger partial charge in [0.25, 0.3) is 0 Å². The molecule has 3 unspecified atom stereocenters. The molecule has 3 atom stereocenters. The molecule has 2 nitrogen and oxygen atoms in total. The van der Waals surface area contributed by atoms with Crippen molar-refractivity contribution in [1.29, 1.82) is 0 Å². The van der Waals surface area contributed by atoms with E-state index >= 15 is 0 Å². The van der Waals surface area contributed by atoms with E-state index < -0.39 is 0 Å². The zero-order chi connectivity index (χ0) is 10.9. The molecular formula is C13H25NO. The van der Waals surface area contributed by atoms with Gasteiger partial charge in [-0.25, -0.2) is 0 Å². The Balaban J connectivity index is 1.85. The molecule has 2 saturated carbocycles. The van der Waals surface area contributed by atoms with Crippen LogP contribution in [0.5, 0.6) is 0 Å². The minimum Gasteiger partial charge on any atom is -0.394 e. The second-order valence-corrected chi connectivity index (χ2v) is 5.78. The molecule has 2 aliphatic rings. The summed E-state index contributed by atoms with van der Waals surface area (Å²) in [7, 11) is 0. The first-order valence-electron chi connectivity index (χ1n) is 6.56. The van der Waals surface area contributed by atoms with Crippen LogP contribution in [0.3, 0.4) is 0 Å². The Morgan fingerprint density at radius 1 is 1.27 bits per heavy atom. The van der Waals surface area contributed by atoms with Gasteiger partial charge in [-0.3, -0.25) is 0 Å². The van der Waals surface area contributed by atoms with Gasteiger partial charge >= 0.3 is 0 Å². The third kappa shape index (κ3) is 2.54. The zero-order valence-electron chi connectivity index (χ0n) is 10.1. The van der Waals surface area contributed by atoms with Crippen LogP contribution in [-0.4, -0.2) is 23.3 Å². The highest BCUT2D eigenvalue weighted by Crippen LogP contribution is 2.41. The van der Waals surface area contributed by atoms with Crippen LogP contribution in [0.2, 0.25) is 0 Å². The average molecular weight is 211 g/mol. The maximum atomic E-state index is 9.52. The molecule has 15 heavy (non-hydrogen) atoms. The van der Waals surface area contributed by atoms with E-state index in [9.17, 15) is 5.11 Å². The summed E-state index contributed by atoms with van der Waals surface area (Å²) in [4.78, 5) is 0. The van der Waals surface area contributed by atoms with E-state index in [1.165, 1.54) is 38.5 Å². The van der Waals surface area contributed by atoms with Gasteiger partial charge in [-0.2, -0.15) is 0 Å². The van der Waals surface area contributed by atoms with E-state index in [0.717, 1.165) is 11.8 Å². The lowest BCUT2D eigenvalue weighted by Crippen LogP contribution is -2.51. The fraction of sp³-hybridized carbons (Fsp3) is 1.00. The first-order valence-corrected chi connectivity index (χ1v) is 6.56. The highest BCUT2D eigenvalue weighted by molar-refractivity contribution is 5.00. The molecule has 0 bridgehead atoms. The quantitative estimate of drug-likeness (QED) is 0.731. The number of rotatable bonds is 5. The molecule has 2 rings (SSSR count). The first kappa shape index (κ1) is 11.4. The number of aliphatic hydroxyl groups is 1. The lowest BCUT2D eigenvalue weighted by molar-refractivity contribution is 0.141. The number of aliphatic hydroxyl groups excluding tert-OH is 1. The van der Waals surface area contributed by atoms with Crippen LogP contribution in [0.25, 0.3) is 0 Å². The third-order valence-corrected chi connectivity index (χ3v) is 4.46. The van der Waals surface area contributed by atoms with E-state index in [1.54, 1.807) is 0 Å². The van der Waals surface area contributed by atoms with Gasteiger partial charge in [0.2, 0.25) is 0 Å². The van der Waals surface area contributed by atoms with Gasteiger partial charge in [-0.05, 0) is 50.9 Å². The van der Waals surface area contributed by atoms with Gasteiger partial charge in [0.05, 0.1) is 6.61 Å². The Morgan fingerprint density at radius 3 is 2.47 bits per heavy atom. The summed E-state index contributed by atoms with van der Waals surface area (Å²) in [6.07, 6.45) is 7.92. The van der Waals surface area contributed by atoms with Crippen molar-refractivity contribution >= 4 is 0 Å². The maximum Gasteiger partial charge on any atom is 0.0613 e. The molecule has 0 amide bonds. The lowest BCUT2D eigenvalue weighted by atomic mass is 9.95. The minimum atomic E-state index is 0.00724. The summed E-state index contributed by atoms with van der Waals surface area (Å²) in [6.45, 7) is 4.79. The maximum absolute atomic E-state index is 9.52. The van der Waals surface area contributed by atoms with Crippen molar-refractivity contribution in [2.24, 2.45) is 11.8 Å². The highest BCUT2D eigenvalue weighted by Gasteiger charge is 2.42. The topological polar surface area (TPSA) is 32.3 Å². The van der Waals surface area contributed by atoms with Crippen molar-refractivity contribution in [1.82, 2.24) is 5.32 Å². The first-order chi connectivity index (χ1) is 7.18. The highest BCUT2D eigenvalue weighted by atomic mass is 16.3. The number of hydrogen-bond acceptors (Lipinski definition) is 2. The largest absolute Gasteiger partial charge is 0.394 e. The SMILES string of the molecule is CCC1CCC(NC(C)(CO)C2CC2)C1. The van der Waals surface area contributed by atoms with Gasteiger partial charge in [-0.1, -0.05) is 13.3 Å². The molecule has 0 aromatic heterocycles. The summed E-state index contributed by atoms with van der Waals surface area (Å²) < 4.78 is 0. The van der Waals surface area contributed by atoms with E-state index in [2.05, 4.69) is 19.2 Å². The van der Waals surface area contributed by atoms with Crippen LogP contribution >= 0.6 is 0 Å². The molecule has 0 aliphatic heterocycles.